The number of fused-ring (bicyclic) bond motifs is 3. The Labute approximate surface area is 195 Å². The smallest absolute Gasteiger partial charge is 0.243 e. The van der Waals surface area contributed by atoms with E-state index in [0.29, 0.717) is 41.0 Å². The van der Waals surface area contributed by atoms with E-state index in [1.807, 2.05) is 6.92 Å². The van der Waals surface area contributed by atoms with E-state index >= 15 is 0 Å². The third-order valence-electron chi connectivity index (χ3n) is 4.91. The molecule has 33 heavy (non-hydrogen) atoms. The summed E-state index contributed by atoms with van der Waals surface area (Å²) < 4.78 is 42.2. The molecule has 4 rings (SSSR count). The highest BCUT2D eigenvalue weighted by atomic mass is 35.5. The number of hydrogen-bond acceptors (Lipinski definition) is 9. The van der Waals surface area contributed by atoms with Crippen molar-refractivity contribution in [2.24, 2.45) is 0 Å². The Bertz CT molecular complexity index is 1260. The van der Waals surface area contributed by atoms with Crippen molar-refractivity contribution in [3.05, 3.63) is 48.1 Å². The first-order valence-electron chi connectivity index (χ1n) is 10.1. The van der Waals surface area contributed by atoms with E-state index in [-0.39, 0.29) is 18.4 Å². The lowest BCUT2D eigenvalue weighted by molar-refractivity contribution is 0.0466. The Hall–Kier alpha value is -3.09. The molecule has 1 aliphatic heterocycles. The van der Waals surface area contributed by atoms with Gasteiger partial charge in [-0.15, -0.1) is 10.2 Å². The van der Waals surface area contributed by atoms with Crippen LogP contribution < -0.4 is 9.46 Å². The Morgan fingerprint density at radius 3 is 2.79 bits per heavy atom. The molecule has 0 saturated heterocycles. The van der Waals surface area contributed by atoms with Gasteiger partial charge in [0.15, 0.2) is 11.6 Å². The number of anilines is 1. The van der Waals surface area contributed by atoms with Crippen LogP contribution in [0, 0.1) is 0 Å². The summed E-state index contributed by atoms with van der Waals surface area (Å²) in [5.74, 6) is 0.920. The molecule has 0 aliphatic carbocycles. The van der Waals surface area contributed by atoms with Gasteiger partial charge in [-0.05, 0) is 25.5 Å². The molecule has 0 saturated carbocycles. The lowest BCUT2D eigenvalue weighted by Crippen LogP contribution is -2.34. The fourth-order valence-corrected chi connectivity index (χ4v) is 4.43. The topological polar surface area (TPSA) is 134 Å². The van der Waals surface area contributed by atoms with Crippen molar-refractivity contribution in [3.63, 3.8) is 0 Å². The number of hydrogen-bond donors (Lipinski definition) is 1. The molecule has 0 bridgehead atoms. The van der Waals surface area contributed by atoms with Crippen LogP contribution in [0.2, 0.25) is 5.02 Å². The largest absolute Gasteiger partial charge is 0.471 e. The summed E-state index contributed by atoms with van der Waals surface area (Å²) in [6.45, 7) is 7.82. The maximum absolute atomic E-state index is 13.3. The van der Waals surface area contributed by atoms with Gasteiger partial charge in [-0.3, -0.25) is 9.29 Å². The van der Waals surface area contributed by atoms with Crippen LogP contribution in [-0.4, -0.2) is 56.6 Å². The number of nitrogens with one attached hydrogen (secondary N) is 1. The molecule has 0 fully saturated rings. The predicted molar refractivity (Wildman–Crippen MR) is 122 cm³/mol. The zero-order valence-electron chi connectivity index (χ0n) is 18.0. The quantitative estimate of drug-likeness (QED) is 0.504. The van der Waals surface area contributed by atoms with Gasteiger partial charge in [-0.2, -0.15) is 0 Å². The predicted octanol–water partition coefficient (Wildman–Crippen LogP) is 2.94. The summed E-state index contributed by atoms with van der Waals surface area (Å²) >= 11 is 5.88. The number of pyridine rings is 1. The summed E-state index contributed by atoms with van der Waals surface area (Å²) in [6.07, 6.45) is 4.14. The molecule has 11 nitrogen and oxygen atoms in total. The fraction of sp³-hybridized carbons (Fsp3) is 0.350. The van der Waals surface area contributed by atoms with Crippen LogP contribution in [0.25, 0.3) is 17.1 Å². The molecular weight excluding hydrogens is 470 g/mol. The Morgan fingerprint density at radius 2 is 2.06 bits per heavy atom. The third kappa shape index (κ3) is 4.68. The SMILES string of the molecule is C=C1COc2ncccc2-c2nnc(NS(=O)(=O)[C@@H](C)[C@@H](OCCC)c3ncc(Cl)cn3)n21. The third-order valence-corrected chi connectivity index (χ3v) is 6.80. The van der Waals surface area contributed by atoms with Gasteiger partial charge < -0.3 is 9.47 Å². The first-order valence-corrected chi connectivity index (χ1v) is 12.1. The van der Waals surface area contributed by atoms with E-state index in [4.69, 9.17) is 21.1 Å². The molecule has 0 amide bonds. The standard InChI is InChI=1S/C20H22ClN7O4S/c1-4-8-31-16(17-23-9-14(21)10-24-17)13(3)33(29,30)27-20-26-25-18-15-6-5-7-22-19(15)32-11-12(2)28(18)20/h5-7,9-10,13,16H,2,4,8,11H2,1,3H3,(H,26,27)/t13-,16+/m0/s1. The van der Waals surface area contributed by atoms with Crippen LogP contribution in [0.3, 0.4) is 0 Å². The molecule has 13 heteroatoms. The zero-order chi connectivity index (χ0) is 23.6. The molecule has 0 spiro atoms. The van der Waals surface area contributed by atoms with Gasteiger partial charge in [0.05, 0.1) is 16.3 Å². The highest BCUT2D eigenvalue weighted by molar-refractivity contribution is 7.93. The molecule has 1 N–H and O–H groups in total. The van der Waals surface area contributed by atoms with Crippen molar-refractivity contribution in [3.8, 4) is 17.3 Å². The van der Waals surface area contributed by atoms with Crippen molar-refractivity contribution in [2.75, 3.05) is 17.9 Å². The van der Waals surface area contributed by atoms with Crippen LogP contribution in [0.4, 0.5) is 5.95 Å². The van der Waals surface area contributed by atoms with Crippen LogP contribution in [0.5, 0.6) is 5.88 Å². The highest BCUT2D eigenvalue weighted by Crippen LogP contribution is 2.34. The average molecular weight is 492 g/mol. The second-order valence-electron chi connectivity index (χ2n) is 7.30. The van der Waals surface area contributed by atoms with Gasteiger partial charge in [-0.1, -0.05) is 25.1 Å². The van der Waals surface area contributed by atoms with E-state index in [0.717, 1.165) is 0 Å². The maximum atomic E-state index is 13.3. The van der Waals surface area contributed by atoms with Crippen molar-refractivity contribution in [1.29, 1.82) is 0 Å². The summed E-state index contributed by atoms with van der Waals surface area (Å²) in [6, 6.07) is 3.48. The second-order valence-corrected chi connectivity index (χ2v) is 9.77. The van der Waals surface area contributed by atoms with E-state index in [1.165, 1.54) is 23.9 Å². The van der Waals surface area contributed by atoms with Gasteiger partial charge in [0.2, 0.25) is 21.9 Å². The van der Waals surface area contributed by atoms with Crippen LogP contribution in [0.1, 0.15) is 32.2 Å². The summed E-state index contributed by atoms with van der Waals surface area (Å²) in [4.78, 5) is 12.5. The van der Waals surface area contributed by atoms with E-state index in [2.05, 4.69) is 36.5 Å². The number of halogens is 1. The molecule has 174 valence electrons. The fourth-order valence-electron chi connectivity index (χ4n) is 3.23. The number of sulfonamides is 1. The number of rotatable bonds is 8. The lowest BCUT2D eigenvalue weighted by Gasteiger charge is -2.23. The van der Waals surface area contributed by atoms with E-state index < -0.39 is 21.4 Å². The van der Waals surface area contributed by atoms with E-state index in [9.17, 15) is 8.42 Å². The van der Waals surface area contributed by atoms with Crippen LogP contribution in [-0.2, 0) is 14.8 Å². The molecule has 3 aromatic heterocycles. The van der Waals surface area contributed by atoms with Crippen molar-refractivity contribution in [2.45, 2.75) is 31.6 Å². The number of nitrogens with zero attached hydrogens (tertiary/aromatic N) is 6. The normalized spacial score (nSPS) is 15.1. The molecule has 4 heterocycles. The molecule has 3 aromatic rings. The van der Waals surface area contributed by atoms with Crippen LogP contribution in [0.15, 0.2) is 37.3 Å². The molecule has 1 aliphatic rings. The van der Waals surface area contributed by atoms with E-state index in [1.54, 1.807) is 18.3 Å². The average Bonchev–Trinajstić information content (AvgIpc) is 3.15. The Kier molecular flexibility index (Phi) is 6.58. The number of ether oxygens (including phenoxy) is 2. The van der Waals surface area contributed by atoms with Gasteiger partial charge in [0, 0.05) is 25.2 Å². The summed E-state index contributed by atoms with van der Waals surface area (Å²) in [7, 11) is -4.03. The Balaban J connectivity index is 1.67. The minimum atomic E-state index is -4.03. The first-order chi connectivity index (χ1) is 15.8. The van der Waals surface area contributed by atoms with Gasteiger partial charge in [-0.25, -0.2) is 23.4 Å². The molecule has 2 atom stereocenters. The maximum Gasteiger partial charge on any atom is 0.243 e. The summed E-state index contributed by atoms with van der Waals surface area (Å²) in [5.41, 5.74) is 1.01. The zero-order valence-corrected chi connectivity index (χ0v) is 19.5. The Morgan fingerprint density at radius 1 is 1.30 bits per heavy atom. The molecule has 0 radical (unpaired) electrons. The van der Waals surface area contributed by atoms with Crippen LogP contribution >= 0.6 is 11.6 Å². The van der Waals surface area contributed by atoms with Gasteiger partial charge >= 0.3 is 0 Å². The molecular formula is C20H22ClN7O4S. The van der Waals surface area contributed by atoms with Gasteiger partial charge in [0.1, 0.15) is 18.0 Å². The van der Waals surface area contributed by atoms with Crippen molar-refractivity contribution >= 4 is 33.3 Å². The van der Waals surface area contributed by atoms with Crippen molar-refractivity contribution in [1.82, 2.24) is 29.7 Å². The lowest BCUT2D eigenvalue weighted by atomic mass is 10.2. The minimum Gasteiger partial charge on any atom is -0.471 e. The summed E-state index contributed by atoms with van der Waals surface area (Å²) in [5, 5.41) is 7.47. The molecule has 0 unspecified atom stereocenters. The number of aromatic nitrogens is 6. The minimum absolute atomic E-state index is 0.0200. The monoisotopic (exact) mass is 491 g/mol. The molecule has 0 aromatic carbocycles. The van der Waals surface area contributed by atoms with Crippen molar-refractivity contribution < 1.29 is 17.9 Å². The highest BCUT2D eigenvalue weighted by Gasteiger charge is 2.35. The second kappa shape index (κ2) is 9.41. The van der Waals surface area contributed by atoms with Gasteiger partial charge in [0.25, 0.3) is 0 Å². The first kappa shape index (κ1) is 23.1.